The zero-order valence-electron chi connectivity index (χ0n) is 11.5. The Balaban J connectivity index is 2.93. The summed E-state index contributed by atoms with van der Waals surface area (Å²) in [6, 6.07) is 1.72. The average molecular weight is 418 g/mol. The molecule has 0 saturated carbocycles. The molecule has 0 N–H and O–H groups in total. The van der Waals surface area contributed by atoms with Gasteiger partial charge in [0.05, 0.1) is 11.9 Å². The maximum Gasteiger partial charge on any atom is 0.250 e. The molecule has 0 aliphatic rings. The fraction of sp³-hybridized carbons (Fsp3) is 0.214. The highest BCUT2D eigenvalue weighted by Crippen LogP contribution is 2.28. The fourth-order valence-electron chi connectivity index (χ4n) is 1.42. The van der Waals surface area contributed by atoms with Crippen LogP contribution in [0, 0.1) is 0 Å². The molecule has 1 rings (SSSR count). The van der Waals surface area contributed by atoms with Gasteiger partial charge in [-0.25, -0.2) is 4.98 Å². The van der Waals surface area contributed by atoms with Crippen LogP contribution in [-0.4, -0.2) is 35.7 Å². The molecule has 0 saturated heterocycles. The van der Waals surface area contributed by atoms with Crippen molar-refractivity contribution in [3.8, 4) is 5.88 Å². The number of hydrogen-bond acceptors (Lipinski definition) is 4. The lowest BCUT2D eigenvalue weighted by Gasteiger charge is -2.17. The Morgan fingerprint density at radius 1 is 1.52 bits per heavy atom. The second-order valence-corrected chi connectivity index (χ2v) is 5.85. The number of aromatic nitrogens is 1. The number of pyridine rings is 1. The van der Waals surface area contributed by atoms with E-state index in [1.165, 1.54) is 30.2 Å². The second kappa shape index (κ2) is 8.09. The molecule has 1 amide bonds. The van der Waals surface area contributed by atoms with Gasteiger partial charge in [0.25, 0.3) is 5.91 Å². The summed E-state index contributed by atoms with van der Waals surface area (Å²) in [7, 11) is 3.07. The molecule has 1 aromatic rings. The minimum Gasteiger partial charge on any atom is -0.480 e. The number of hydrogen-bond donors (Lipinski definition) is 0. The number of alkyl halides is 1. The van der Waals surface area contributed by atoms with Crippen LogP contribution in [-0.2, 0) is 9.59 Å². The van der Waals surface area contributed by atoms with Gasteiger partial charge >= 0.3 is 0 Å². The predicted molar refractivity (Wildman–Crippen MR) is 89.0 cm³/mol. The number of methoxy groups -OCH3 is 1. The summed E-state index contributed by atoms with van der Waals surface area (Å²) in [6.45, 7) is 3.39. The zero-order valence-corrected chi connectivity index (χ0v) is 14.7. The van der Waals surface area contributed by atoms with Crippen LogP contribution >= 0.6 is 31.9 Å². The van der Waals surface area contributed by atoms with Crippen LogP contribution in [0.4, 0.5) is 5.69 Å². The SMILES string of the molecule is C=CC(=O)C(Br)/C=C/C(=O)N(C)c1cc(Br)cnc1OC. The van der Waals surface area contributed by atoms with E-state index in [0.717, 1.165) is 4.47 Å². The van der Waals surface area contributed by atoms with Crippen molar-refractivity contribution in [2.75, 3.05) is 19.1 Å². The lowest BCUT2D eigenvalue weighted by molar-refractivity contribution is -0.114. The third-order valence-corrected chi connectivity index (χ3v) is 3.76. The normalized spacial score (nSPS) is 12.0. The summed E-state index contributed by atoms with van der Waals surface area (Å²) >= 11 is 6.45. The number of ketones is 1. The Morgan fingerprint density at radius 2 is 2.19 bits per heavy atom. The molecule has 0 aromatic carbocycles. The Morgan fingerprint density at radius 3 is 2.76 bits per heavy atom. The molecule has 5 nitrogen and oxygen atoms in total. The lowest BCUT2D eigenvalue weighted by atomic mass is 10.2. The van der Waals surface area contributed by atoms with Gasteiger partial charge in [-0.15, -0.1) is 0 Å². The van der Waals surface area contributed by atoms with Crippen LogP contribution in [0.15, 0.2) is 41.5 Å². The first kappa shape index (κ1) is 17.6. The van der Waals surface area contributed by atoms with Crippen molar-refractivity contribution in [3.63, 3.8) is 0 Å². The van der Waals surface area contributed by atoms with Crippen LogP contribution in [0.2, 0.25) is 0 Å². The van der Waals surface area contributed by atoms with Crippen molar-refractivity contribution >= 4 is 49.2 Å². The van der Waals surface area contributed by atoms with E-state index >= 15 is 0 Å². The van der Waals surface area contributed by atoms with Gasteiger partial charge in [0, 0.05) is 23.8 Å². The van der Waals surface area contributed by atoms with Crippen LogP contribution in [0.25, 0.3) is 0 Å². The van der Waals surface area contributed by atoms with Gasteiger partial charge in [-0.3, -0.25) is 9.59 Å². The summed E-state index contributed by atoms with van der Waals surface area (Å²) in [5, 5.41) is 0. The summed E-state index contributed by atoms with van der Waals surface area (Å²) in [5.74, 6) is -0.196. The standard InChI is InChI=1S/C14H14Br2N2O3/c1-4-12(19)10(16)5-6-13(20)18(2)11-7-9(15)8-17-14(11)21-3/h4-8,10H,1H2,2-3H3/b6-5+. The van der Waals surface area contributed by atoms with Gasteiger partial charge in [0.1, 0.15) is 5.69 Å². The average Bonchev–Trinajstić information content (AvgIpc) is 2.50. The van der Waals surface area contributed by atoms with Crippen molar-refractivity contribution in [2.45, 2.75) is 4.83 Å². The van der Waals surface area contributed by atoms with Gasteiger partial charge in [-0.1, -0.05) is 28.6 Å². The highest BCUT2D eigenvalue weighted by Gasteiger charge is 2.16. The number of halogens is 2. The Bertz CT molecular complexity index is 588. The first-order chi connectivity index (χ1) is 9.90. The molecule has 0 fully saturated rings. The Kier molecular flexibility index (Phi) is 6.77. The number of allylic oxidation sites excluding steroid dienone is 2. The first-order valence-electron chi connectivity index (χ1n) is 5.86. The zero-order chi connectivity index (χ0) is 16.0. The monoisotopic (exact) mass is 416 g/mol. The molecule has 1 aromatic heterocycles. The van der Waals surface area contributed by atoms with Gasteiger partial charge < -0.3 is 9.64 Å². The highest BCUT2D eigenvalue weighted by molar-refractivity contribution is 9.10. The topological polar surface area (TPSA) is 59.5 Å². The molecular weight excluding hydrogens is 404 g/mol. The molecule has 0 radical (unpaired) electrons. The minimum absolute atomic E-state index is 0.219. The van der Waals surface area contributed by atoms with Gasteiger partial charge in [0.15, 0.2) is 5.78 Å². The smallest absolute Gasteiger partial charge is 0.250 e. The van der Waals surface area contributed by atoms with Crippen LogP contribution in [0.3, 0.4) is 0 Å². The molecule has 7 heteroatoms. The minimum atomic E-state index is -0.574. The Labute approximate surface area is 139 Å². The molecule has 1 heterocycles. The molecule has 112 valence electrons. The summed E-state index contributed by atoms with van der Waals surface area (Å²) in [4.78, 5) is 28.3. The summed E-state index contributed by atoms with van der Waals surface area (Å²) in [5.41, 5.74) is 0.516. The summed E-state index contributed by atoms with van der Waals surface area (Å²) in [6.07, 6.45) is 5.54. The first-order valence-corrected chi connectivity index (χ1v) is 7.57. The van der Waals surface area contributed by atoms with E-state index in [1.807, 2.05) is 0 Å². The maximum absolute atomic E-state index is 12.1. The van der Waals surface area contributed by atoms with E-state index in [4.69, 9.17) is 4.74 Å². The van der Waals surface area contributed by atoms with E-state index in [9.17, 15) is 9.59 Å². The number of nitrogens with zero attached hydrogens (tertiary/aromatic N) is 2. The number of rotatable bonds is 6. The molecular formula is C14H14Br2N2O3. The molecule has 0 bridgehead atoms. The maximum atomic E-state index is 12.1. The van der Waals surface area contributed by atoms with E-state index in [0.29, 0.717) is 11.6 Å². The third-order valence-electron chi connectivity index (χ3n) is 2.56. The molecule has 0 aliphatic heterocycles. The molecule has 0 spiro atoms. The van der Waals surface area contributed by atoms with Crippen LogP contribution in [0.5, 0.6) is 5.88 Å². The number of anilines is 1. The van der Waals surface area contributed by atoms with Crippen LogP contribution in [0.1, 0.15) is 0 Å². The predicted octanol–water partition coefficient (Wildman–Crippen LogP) is 2.89. The van der Waals surface area contributed by atoms with Crippen molar-refractivity contribution in [1.29, 1.82) is 0 Å². The van der Waals surface area contributed by atoms with Gasteiger partial charge in [0.2, 0.25) is 5.88 Å². The fourth-order valence-corrected chi connectivity index (χ4v) is 2.08. The molecule has 1 unspecified atom stereocenters. The number of amides is 1. The van der Waals surface area contributed by atoms with E-state index in [1.54, 1.807) is 19.3 Å². The van der Waals surface area contributed by atoms with Crippen molar-refractivity contribution in [3.05, 3.63) is 41.5 Å². The van der Waals surface area contributed by atoms with Crippen molar-refractivity contribution < 1.29 is 14.3 Å². The third kappa shape index (κ3) is 4.78. The van der Waals surface area contributed by atoms with Crippen molar-refractivity contribution in [2.24, 2.45) is 0 Å². The number of ether oxygens (including phenoxy) is 1. The highest BCUT2D eigenvalue weighted by atomic mass is 79.9. The Hall–Kier alpha value is -1.47. The van der Waals surface area contributed by atoms with Crippen LogP contribution < -0.4 is 9.64 Å². The van der Waals surface area contributed by atoms with E-state index < -0.39 is 4.83 Å². The second-order valence-electron chi connectivity index (χ2n) is 3.95. The number of carbonyl (C=O) groups excluding carboxylic acids is 2. The molecule has 0 aliphatic carbocycles. The van der Waals surface area contributed by atoms with Gasteiger partial charge in [-0.2, -0.15) is 0 Å². The van der Waals surface area contributed by atoms with Crippen molar-refractivity contribution in [1.82, 2.24) is 4.98 Å². The number of likely N-dealkylation sites (N-methyl/N-ethyl adjacent to an activating group) is 1. The van der Waals surface area contributed by atoms with E-state index in [2.05, 4.69) is 43.4 Å². The molecule has 1 atom stereocenters. The van der Waals surface area contributed by atoms with E-state index in [-0.39, 0.29) is 11.7 Å². The van der Waals surface area contributed by atoms with Gasteiger partial charge in [-0.05, 0) is 28.1 Å². The summed E-state index contributed by atoms with van der Waals surface area (Å²) < 4.78 is 5.85. The largest absolute Gasteiger partial charge is 0.480 e. The quantitative estimate of drug-likeness (QED) is 0.527. The molecule has 21 heavy (non-hydrogen) atoms. The number of carbonyl (C=O) groups is 2. The lowest BCUT2D eigenvalue weighted by Crippen LogP contribution is -2.25.